The fraction of sp³-hybridized carbons (Fsp3) is 0.0588. The van der Waals surface area contributed by atoms with Gasteiger partial charge in [-0.3, -0.25) is 5.32 Å². The molecule has 0 bridgehead atoms. The number of hydrogen-bond acceptors (Lipinski definition) is 2. The van der Waals surface area contributed by atoms with Crippen LogP contribution in [0.1, 0.15) is 5.56 Å². The Hall–Kier alpha value is -3.08. The van der Waals surface area contributed by atoms with Gasteiger partial charge in [-0.2, -0.15) is 0 Å². The summed E-state index contributed by atoms with van der Waals surface area (Å²) in [5, 5.41) is 5.47. The van der Waals surface area contributed by atoms with Crippen molar-refractivity contribution in [2.45, 2.75) is 6.92 Å². The zero-order chi connectivity index (χ0) is 15.4. The van der Waals surface area contributed by atoms with Gasteiger partial charge in [-0.25, -0.2) is 9.78 Å². The van der Waals surface area contributed by atoms with Crippen LogP contribution in [-0.2, 0) is 0 Å². The van der Waals surface area contributed by atoms with E-state index in [1.54, 1.807) is 12.3 Å². The first-order chi connectivity index (χ1) is 10.7. The van der Waals surface area contributed by atoms with Gasteiger partial charge in [0.15, 0.2) is 0 Å². The van der Waals surface area contributed by atoms with E-state index in [-0.39, 0.29) is 6.03 Å². The molecule has 0 radical (unpaired) electrons. The minimum absolute atomic E-state index is 0.315. The minimum atomic E-state index is -0.315. The number of anilines is 2. The highest BCUT2D eigenvalue weighted by molar-refractivity contribution is 5.99. The average Bonchev–Trinajstić information content (AvgIpc) is 3.05. The van der Waals surface area contributed by atoms with Gasteiger partial charge in [-0.05, 0) is 55.0 Å². The van der Waals surface area contributed by atoms with Crippen molar-refractivity contribution in [2.75, 3.05) is 10.6 Å². The third-order valence-corrected chi connectivity index (χ3v) is 3.18. The van der Waals surface area contributed by atoms with E-state index in [2.05, 4.69) is 15.6 Å². The molecule has 22 heavy (non-hydrogen) atoms. The molecule has 2 heterocycles. The lowest BCUT2D eigenvalue weighted by atomic mass is 10.3. The molecule has 3 aromatic rings. The molecule has 1 aromatic carbocycles. The van der Waals surface area contributed by atoms with Crippen LogP contribution in [0.5, 0.6) is 0 Å². The number of rotatable bonds is 3. The number of nitrogens with one attached hydrogen (secondary N) is 2. The molecule has 0 atom stereocenters. The Kier molecular flexibility index (Phi) is 3.87. The molecule has 0 aliphatic carbocycles. The normalized spacial score (nSPS) is 10.2. The number of benzene rings is 1. The summed E-state index contributed by atoms with van der Waals surface area (Å²) in [5.41, 5.74) is 2.81. The molecule has 0 spiro atoms. The second kappa shape index (κ2) is 6.13. The van der Waals surface area contributed by atoms with Gasteiger partial charge in [0.25, 0.3) is 0 Å². The van der Waals surface area contributed by atoms with Gasteiger partial charge < -0.3 is 9.88 Å². The van der Waals surface area contributed by atoms with E-state index >= 15 is 0 Å². The van der Waals surface area contributed by atoms with Crippen LogP contribution in [0.4, 0.5) is 16.3 Å². The standard InChI is InChI=1S/C17H16N4O/c1-13-4-9-16(18-12-13)20-17(22)19-14-5-7-15(8-6-14)21-10-2-3-11-21/h2-12H,1H3,(H2,18,19,20,22). The van der Waals surface area contributed by atoms with E-state index < -0.39 is 0 Å². The molecule has 0 aliphatic heterocycles. The quantitative estimate of drug-likeness (QED) is 0.771. The van der Waals surface area contributed by atoms with Gasteiger partial charge >= 0.3 is 6.03 Å². The van der Waals surface area contributed by atoms with Crippen LogP contribution in [0.25, 0.3) is 5.69 Å². The van der Waals surface area contributed by atoms with Gasteiger partial charge in [0.1, 0.15) is 5.82 Å². The van der Waals surface area contributed by atoms with E-state index in [1.165, 1.54) is 0 Å². The molecular formula is C17H16N4O. The maximum Gasteiger partial charge on any atom is 0.324 e. The highest BCUT2D eigenvalue weighted by atomic mass is 16.2. The van der Waals surface area contributed by atoms with Crippen molar-refractivity contribution in [1.29, 1.82) is 0 Å². The molecule has 3 rings (SSSR count). The summed E-state index contributed by atoms with van der Waals surface area (Å²) in [6.45, 7) is 1.95. The van der Waals surface area contributed by atoms with Crippen molar-refractivity contribution in [2.24, 2.45) is 0 Å². The molecule has 0 saturated carbocycles. The third-order valence-electron chi connectivity index (χ3n) is 3.18. The highest BCUT2D eigenvalue weighted by Gasteiger charge is 2.03. The smallest absolute Gasteiger partial charge is 0.324 e. The summed E-state index contributed by atoms with van der Waals surface area (Å²) in [7, 11) is 0. The largest absolute Gasteiger partial charge is 0.324 e. The Morgan fingerprint density at radius 1 is 1.00 bits per heavy atom. The highest BCUT2D eigenvalue weighted by Crippen LogP contribution is 2.14. The van der Waals surface area contributed by atoms with Gasteiger partial charge in [-0.15, -0.1) is 0 Å². The summed E-state index contributed by atoms with van der Waals surface area (Å²) in [4.78, 5) is 16.0. The predicted molar refractivity (Wildman–Crippen MR) is 87.4 cm³/mol. The van der Waals surface area contributed by atoms with Crippen molar-refractivity contribution in [1.82, 2.24) is 9.55 Å². The Bertz CT molecular complexity index is 746. The Labute approximate surface area is 128 Å². The number of hydrogen-bond donors (Lipinski definition) is 2. The van der Waals surface area contributed by atoms with Gasteiger partial charge in [0.2, 0.25) is 0 Å². The maximum absolute atomic E-state index is 11.9. The molecule has 5 heteroatoms. The van der Waals surface area contributed by atoms with Crippen molar-refractivity contribution in [3.8, 4) is 5.69 Å². The number of aryl methyl sites for hydroxylation is 1. The molecule has 110 valence electrons. The maximum atomic E-state index is 11.9. The second-order valence-corrected chi connectivity index (χ2v) is 4.94. The lowest BCUT2D eigenvalue weighted by Gasteiger charge is -2.08. The van der Waals surface area contributed by atoms with Crippen molar-refractivity contribution < 1.29 is 4.79 Å². The van der Waals surface area contributed by atoms with Crippen molar-refractivity contribution in [3.05, 3.63) is 72.7 Å². The minimum Gasteiger partial charge on any atom is -0.324 e. The summed E-state index contributed by atoms with van der Waals surface area (Å²) in [6.07, 6.45) is 5.65. The molecule has 2 N–H and O–H groups in total. The summed E-state index contributed by atoms with van der Waals surface area (Å²) >= 11 is 0. The summed E-state index contributed by atoms with van der Waals surface area (Å²) in [6, 6.07) is 14.9. The zero-order valence-corrected chi connectivity index (χ0v) is 12.2. The molecule has 5 nitrogen and oxygen atoms in total. The average molecular weight is 292 g/mol. The topological polar surface area (TPSA) is 59.0 Å². The molecule has 2 aromatic heterocycles. The molecule has 0 saturated heterocycles. The third kappa shape index (κ3) is 3.32. The number of pyridine rings is 1. The lowest BCUT2D eigenvalue weighted by molar-refractivity contribution is 0.262. The molecule has 0 fully saturated rings. The lowest BCUT2D eigenvalue weighted by Crippen LogP contribution is -2.20. The van der Waals surface area contributed by atoms with Crippen LogP contribution in [0.15, 0.2) is 67.1 Å². The zero-order valence-electron chi connectivity index (χ0n) is 12.2. The first-order valence-corrected chi connectivity index (χ1v) is 6.95. The van der Waals surface area contributed by atoms with Crippen LogP contribution in [-0.4, -0.2) is 15.6 Å². The first-order valence-electron chi connectivity index (χ1n) is 6.95. The molecule has 2 amide bonds. The first kappa shape index (κ1) is 13.9. The fourth-order valence-corrected chi connectivity index (χ4v) is 2.04. The van der Waals surface area contributed by atoms with E-state index in [1.807, 2.05) is 66.3 Å². The number of carbonyl (C=O) groups excluding carboxylic acids is 1. The molecular weight excluding hydrogens is 276 g/mol. The summed E-state index contributed by atoms with van der Waals surface area (Å²) in [5.74, 6) is 0.520. The van der Waals surface area contributed by atoms with Crippen LogP contribution < -0.4 is 10.6 Å². The van der Waals surface area contributed by atoms with Crippen LogP contribution in [0, 0.1) is 6.92 Å². The van der Waals surface area contributed by atoms with Gasteiger partial charge in [0, 0.05) is 30.0 Å². The molecule has 0 unspecified atom stereocenters. The number of amides is 2. The van der Waals surface area contributed by atoms with E-state index in [4.69, 9.17) is 0 Å². The molecule has 0 aliphatic rings. The Morgan fingerprint density at radius 3 is 2.36 bits per heavy atom. The SMILES string of the molecule is Cc1ccc(NC(=O)Nc2ccc(-n3cccc3)cc2)nc1. The van der Waals surface area contributed by atoms with E-state index in [0.29, 0.717) is 5.82 Å². The number of urea groups is 1. The fourth-order valence-electron chi connectivity index (χ4n) is 2.04. The monoisotopic (exact) mass is 292 g/mol. The summed E-state index contributed by atoms with van der Waals surface area (Å²) < 4.78 is 2.00. The predicted octanol–water partition coefficient (Wildman–Crippen LogP) is 3.82. The van der Waals surface area contributed by atoms with E-state index in [0.717, 1.165) is 16.9 Å². The van der Waals surface area contributed by atoms with Crippen molar-refractivity contribution >= 4 is 17.5 Å². The number of nitrogens with zero attached hydrogens (tertiary/aromatic N) is 2. The van der Waals surface area contributed by atoms with Gasteiger partial charge in [-0.1, -0.05) is 6.07 Å². The van der Waals surface area contributed by atoms with Crippen LogP contribution in [0.3, 0.4) is 0 Å². The van der Waals surface area contributed by atoms with Crippen molar-refractivity contribution in [3.63, 3.8) is 0 Å². The van der Waals surface area contributed by atoms with Crippen LogP contribution >= 0.6 is 0 Å². The number of aromatic nitrogens is 2. The van der Waals surface area contributed by atoms with E-state index in [9.17, 15) is 4.79 Å². The van der Waals surface area contributed by atoms with Gasteiger partial charge in [0.05, 0.1) is 0 Å². The Morgan fingerprint density at radius 2 is 1.73 bits per heavy atom. The Balaban J connectivity index is 1.63. The van der Waals surface area contributed by atoms with Crippen LogP contribution in [0.2, 0.25) is 0 Å². The second-order valence-electron chi connectivity index (χ2n) is 4.94. The number of carbonyl (C=O) groups is 1.